The summed E-state index contributed by atoms with van der Waals surface area (Å²) in [6.45, 7) is 6.53. The van der Waals surface area contributed by atoms with E-state index in [2.05, 4.69) is 118 Å². The molecule has 6 nitrogen and oxygen atoms in total. The molecule has 0 saturated heterocycles. The molecular formula is C77H134O6. The van der Waals surface area contributed by atoms with Gasteiger partial charge >= 0.3 is 17.9 Å². The van der Waals surface area contributed by atoms with E-state index in [1.165, 1.54) is 205 Å². The molecule has 0 fully saturated rings. The highest BCUT2D eigenvalue weighted by Gasteiger charge is 2.19. The van der Waals surface area contributed by atoms with Crippen LogP contribution in [0.2, 0.25) is 0 Å². The van der Waals surface area contributed by atoms with Crippen molar-refractivity contribution in [2.45, 2.75) is 361 Å². The molecule has 1 atom stereocenters. The van der Waals surface area contributed by atoms with Gasteiger partial charge in [0.2, 0.25) is 0 Å². The first kappa shape index (κ1) is 79.3. The zero-order chi connectivity index (χ0) is 59.9. The van der Waals surface area contributed by atoms with Gasteiger partial charge in [0, 0.05) is 19.3 Å². The molecule has 0 aromatic rings. The molecule has 6 heteroatoms. The summed E-state index contributed by atoms with van der Waals surface area (Å²) in [5, 5.41) is 0. The van der Waals surface area contributed by atoms with Gasteiger partial charge in [-0.15, -0.1) is 0 Å². The van der Waals surface area contributed by atoms with Gasteiger partial charge in [-0.05, 0) is 96.3 Å². The van der Waals surface area contributed by atoms with Crippen molar-refractivity contribution < 1.29 is 28.6 Å². The number of ether oxygens (including phenoxy) is 3. The summed E-state index contributed by atoms with van der Waals surface area (Å²) >= 11 is 0. The number of hydrogen-bond donors (Lipinski definition) is 0. The van der Waals surface area contributed by atoms with Crippen LogP contribution in [-0.4, -0.2) is 37.2 Å². The standard InChI is InChI=1S/C77H134O6/c1-4-7-10-13-16-19-22-24-26-28-30-32-33-34-35-36-37-38-39-40-41-42-43-45-46-48-50-52-55-58-61-64-67-70-76(79)82-73-74(72-81-75(78)69-66-63-60-57-54-21-18-15-12-9-6-3)83-77(80)71-68-65-62-59-56-53-51-49-47-44-31-29-27-25-23-20-17-14-11-8-5-2/h7,10,15-16,18-19,24,26,30,32,34-35,37-38,40-41,74H,4-6,8-9,11-14,17,20-23,25,27-29,31,33,36,39,42-73H2,1-3H3/b10-7-,18-15-,19-16-,26-24-,32-30-,35-34-,38-37-,41-40-. The topological polar surface area (TPSA) is 78.9 Å². The highest BCUT2D eigenvalue weighted by molar-refractivity contribution is 5.71. The molecule has 0 aromatic heterocycles. The van der Waals surface area contributed by atoms with Crippen LogP contribution in [0.3, 0.4) is 0 Å². The van der Waals surface area contributed by atoms with E-state index in [4.69, 9.17) is 14.2 Å². The van der Waals surface area contributed by atoms with E-state index in [0.29, 0.717) is 19.3 Å². The van der Waals surface area contributed by atoms with Crippen molar-refractivity contribution in [3.05, 3.63) is 97.2 Å². The van der Waals surface area contributed by atoms with E-state index in [1.54, 1.807) is 0 Å². The van der Waals surface area contributed by atoms with Gasteiger partial charge < -0.3 is 14.2 Å². The van der Waals surface area contributed by atoms with Gasteiger partial charge in [-0.3, -0.25) is 14.4 Å². The quantitative estimate of drug-likeness (QED) is 0.0261. The summed E-state index contributed by atoms with van der Waals surface area (Å²) in [4.78, 5) is 38.4. The van der Waals surface area contributed by atoms with Crippen molar-refractivity contribution in [1.82, 2.24) is 0 Å². The molecule has 0 amide bonds. The lowest BCUT2D eigenvalue weighted by atomic mass is 10.0. The summed E-state index contributed by atoms with van der Waals surface area (Å²) in [7, 11) is 0. The van der Waals surface area contributed by atoms with Crippen molar-refractivity contribution in [2.24, 2.45) is 0 Å². The van der Waals surface area contributed by atoms with Gasteiger partial charge in [-0.25, -0.2) is 0 Å². The Hall–Kier alpha value is -3.67. The van der Waals surface area contributed by atoms with Gasteiger partial charge in [0.1, 0.15) is 13.2 Å². The minimum atomic E-state index is -0.780. The third-order valence-electron chi connectivity index (χ3n) is 15.6. The molecule has 1 unspecified atom stereocenters. The monoisotopic (exact) mass is 1160 g/mol. The number of allylic oxidation sites excluding steroid dienone is 16. The van der Waals surface area contributed by atoms with Gasteiger partial charge in [0.05, 0.1) is 0 Å². The maximum Gasteiger partial charge on any atom is 0.306 e. The van der Waals surface area contributed by atoms with Crippen molar-refractivity contribution in [3.63, 3.8) is 0 Å². The first-order valence-corrected chi connectivity index (χ1v) is 35.7. The van der Waals surface area contributed by atoms with E-state index in [-0.39, 0.29) is 31.1 Å². The molecule has 0 bridgehead atoms. The molecule has 0 aromatic carbocycles. The maximum atomic E-state index is 12.9. The molecule has 0 N–H and O–H groups in total. The Labute approximate surface area is 515 Å². The van der Waals surface area contributed by atoms with E-state index in [1.807, 2.05) is 0 Å². The third kappa shape index (κ3) is 69.0. The molecule has 0 aliphatic heterocycles. The molecule has 0 rings (SSSR count). The SMILES string of the molecule is CC/C=C\C/C=C\C/C=C\C/C=C\C/C=C\C/C=C\C/C=C\CCCCCCCCCCCCCC(=O)OCC(COC(=O)CCCCCCC/C=C\CCCC)OC(=O)CCCCCCCCCCCCCCCCCCCCCCC. The predicted octanol–water partition coefficient (Wildman–Crippen LogP) is 24.8. The van der Waals surface area contributed by atoms with Crippen LogP contribution >= 0.6 is 0 Å². The Balaban J connectivity index is 4.19. The lowest BCUT2D eigenvalue weighted by Crippen LogP contribution is -2.30. The molecule has 0 saturated carbocycles. The van der Waals surface area contributed by atoms with Gasteiger partial charge in [-0.1, -0.05) is 336 Å². The second-order valence-corrected chi connectivity index (χ2v) is 23.8. The smallest absolute Gasteiger partial charge is 0.306 e. The number of esters is 3. The largest absolute Gasteiger partial charge is 0.462 e. The average molecular weight is 1160 g/mol. The summed E-state index contributed by atoms with van der Waals surface area (Å²) in [5.41, 5.74) is 0. The van der Waals surface area contributed by atoms with Crippen LogP contribution in [0.1, 0.15) is 355 Å². The fourth-order valence-corrected chi connectivity index (χ4v) is 10.2. The molecular weight excluding hydrogens is 1020 g/mol. The first-order chi connectivity index (χ1) is 41.0. The van der Waals surface area contributed by atoms with Crippen molar-refractivity contribution in [3.8, 4) is 0 Å². The zero-order valence-electron chi connectivity index (χ0n) is 54.9. The number of carbonyl (C=O) groups excluding carboxylic acids is 3. The lowest BCUT2D eigenvalue weighted by Gasteiger charge is -2.18. The molecule has 83 heavy (non-hydrogen) atoms. The van der Waals surface area contributed by atoms with E-state index < -0.39 is 6.10 Å². The Morgan fingerprint density at radius 3 is 0.783 bits per heavy atom. The van der Waals surface area contributed by atoms with E-state index in [9.17, 15) is 14.4 Å². The third-order valence-corrected chi connectivity index (χ3v) is 15.6. The molecule has 0 heterocycles. The first-order valence-electron chi connectivity index (χ1n) is 35.7. The fourth-order valence-electron chi connectivity index (χ4n) is 10.2. The average Bonchev–Trinajstić information content (AvgIpc) is 3.48. The molecule has 0 radical (unpaired) electrons. The van der Waals surface area contributed by atoms with E-state index >= 15 is 0 Å². The maximum absolute atomic E-state index is 12.9. The van der Waals surface area contributed by atoms with Crippen molar-refractivity contribution in [1.29, 1.82) is 0 Å². The van der Waals surface area contributed by atoms with Crippen LogP contribution in [0, 0.1) is 0 Å². The Morgan fingerprint density at radius 2 is 0.482 bits per heavy atom. The minimum Gasteiger partial charge on any atom is -0.462 e. The number of unbranched alkanes of at least 4 members (excludes halogenated alkanes) is 38. The van der Waals surface area contributed by atoms with Crippen LogP contribution in [0.5, 0.6) is 0 Å². The molecule has 478 valence electrons. The predicted molar refractivity (Wildman–Crippen MR) is 362 cm³/mol. The van der Waals surface area contributed by atoms with Gasteiger partial charge in [-0.2, -0.15) is 0 Å². The molecule has 0 spiro atoms. The number of hydrogen-bond acceptors (Lipinski definition) is 6. The van der Waals surface area contributed by atoms with Gasteiger partial charge in [0.25, 0.3) is 0 Å². The highest BCUT2D eigenvalue weighted by Crippen LogP contribution is 2.18. The van der Waals surface area contributed by atoms with Crippen LogP contribution < -0.4 is 0 Å². The second kappa shape index (κ2) is 70.8. The highest BCUT2D eigenvalue weighted by atomic mass is 16.6. The Bertz CT molecular complexity index is 1610. The summed E-state index contributed by atoms with van der Waals surface area (Å²) in [6.07, 6.45) is 95.9. The normalized spacial score (nSPS) is 12.7. The second-order valence-electron chi connectivity index (χ2n) is 23.8. The number of carbonyl (C=O) groups is 3. The fraction of sp³-hybridized carbons (Fsp3) is 0.753. The summed E-state index contributed by atoms with van der Waals surface area (Å²) in [5.74, 6) is -0.872. The lowest BCUT2D eigenvalue weighted by molar-refractivity contribution is -0.167. The number of rotatable bonds is 65. The van der Waals surface area contributed by atoms with Crippen molar-refractivity contribution >= 4 is 17.9 Å². The summed E-state index contributed by atoms with van der Waals surface area (Å²) in [6, 6.07) is 0. The van der Waals surface area contributed by atoms with Crippen LogP contribution in [0.15, 0.2) is 97.2 Å². The van der Waals surface area contributed by atoms with Crippen LogP contribution in [0.25, 0.3) is 0 Å². The van der Waals surface area contributed by atoms with Gasteiger partial charge in [0.15, 0.2) is 6.10 Å². The van der Waals surface area contributed by atoms with Crippen LogP contribution in [-0.2, 0) is 28.6 Å². The summed E-state index contributed by atoms with van der Waals surface area (Å²) < 4.78 is 17.0. The molecule has 0 aliphatic carbocycles. The van der Waals surface area contributed by atoms with Crippen molar-refractivity contribution in [2.75, 3.05) is 13.2 Å². The minimum absolute atomic E-state index is 0.0776. The zero-order valence-corrected chi connectivity index (χ0v) is 54.9. The van der Waals surface area contributed by atoms with Crippen LogP contribution in [0.4, 0.5) is 0 Å². The Kier molecular flexibility index (Phi) is 67.7. The molecule has 0 aliphatic rings. The van der Waals surface area contributed by atoms with E-state index in [0.717, 1.165) is 109 Å². The Morgan fingerprint density at radius 1 is 0.253 bits per heavy atom.